The van der Waals surface area contributed by atoms with E-state index in [-0.39, 0.29) is 5.76 Å². The van der Waals surface area contributed by atoms with Crippen LogP contribution in [0.1, 0.15) is 11.3 Å². The van der Waals surface area contributed by atoms with Crippen LogP contribution in [0.15, 0.2) is 57.4 Å². The Labute approximate surface area is 115 Å². The molecule has 0 N–H and O–H groups in total. The molecule has 0 unspecified atom stereocenters. The van der Waals surface area contributed by atoms with Crippen molar-refractivity contribution in [3.05, 3.63) is 59.9 Å². The quantitative estimate of drug-likeness (QED) is 0.699. The van der Waals surface area contributed by atoms with Gasteiger partial charge in [0, 0.05) is 5.56 Å². The van der Waals surface area contributed by atoms with E-state index in [1.807, 2.05) is 24.3 Å². The van der Waals surface area contributed by atoms with E-state index in [2.05, 4.69) is 6.07 Å². The first kappa shape index (κ1) is 11.8. The zero-order chi connectivity index (χ0) is 13.9. The summed E-state index contributed by atoms with van der Waals surface area (Å²) in [6, 6.07) is 18.0. The molecule has 0 fully saturated rings. The highest BCUT2D eigenvalue weighted by atomic mass is 16.4. The van der Waals surface area contributed by atoms with Crippen molar-refractivity contribution < 1.29 is 8.83 Å². The average Bonchev–Trinajstić information content (AvgIpc) is 3.16. The highest BCUT2D eigenvalue weighted by Gasteiger charge is 2.10. The minimum Gasteiger partial charge on any atom is -0.453 e. The number of hydrogen-bond donors (Lipinski definition) is 0. The number of nitriles is 2. The minimum atomic E-state index is 0.247. The lowest BCUT2D eigenvalue weighted by molar-refractivity contribution is 0.523. The first-order chi connectivity index (χ1) is 9.80. The first-order valence-corrected chi connectivity index (χ1v) is 5.91. The summed E-state index contributed by atoms with van der Waals surface area (Å²) < 4.78 is 11.0. The van der Waals surface area contributed by atoms with Crippen molar-refractivity contribution in [3.63, 3.8) is 0 Å². The number of hydrogen-bond acceptors (Lipinski definition) is 4. The van der Waals surface area contributed by atoms with Crippen molar-refractivity contribution in [1.29, 1.82) is 10.5 Å². The zero-order valence-electron chi connectivity index (χ0n) is 10.3. The van der Waals surface area contributed by atoms with E-state index >= 15 is 0 Å². The smallest absolute Gasteiger partial charge is 0.204 e. The Hall–Kier alpha value is -3.24. The van der Waals surface area contributed by atoms with Gasteiger partial charge in [0.15, 0.2) is 11.5 Å². The molecule has 0 bridgehead atoms. The summed E-state index contributed by atoms with van der Waals surface area (Å²) in [5, 5.41) is 17.5. The standard InChI is InChI=1S/C16H8N2O2/c17-9-11-1-3-12(4-2-11)14-7-8-16(20-14)15-6-5-13(10-18)19-15/h1-8H. The van der Waals surface area contributed by atoms with E-state index in [0.29, 0.717) is 22.8 Å². The molecule has 0 amide bonds. The van der Waals surface area contributed by atoms with Crippen molar-refractivity contribution >= 4 is 0 Å². The van der Waals surface area contributed by atoms with Gasteiger partial charge < -0.3 is 8.83 Å². The van der Waals surface area contributed by atoms with Gasteiger partial charge in [-0.3, -0.25) is 0 Å². The predicted octanol–water partition coefficient (Wildman–Crippen LogP) is 3.95. The van der Waals surface area contributed by atoms with Crippen LogP contribution in [0.5, 0.6) is 0 Å². The van der Waals surface area contributed by atoms with Crippen LogP contribution in [0, 0.1) is 22.7 Å². The molecule has 0 atom stereocenters. The van der Waals surface area contributed by atoms with Gasteiger partial charge in [-0.05, 0) is 48.5 Å². The molecule has 4 nitrogen and oxygen atoms in total. The van der Waals surface area contributed by atoms with Crippen LogP contribution in [-0.2, 0) is 0 Å². The fourth-order valence-electron chi connectivity index (χ4n) is 1.86. The van der Waals surface area contributed by atoms with E-state index < -0.39 is 0 Å². The van der Waals surface area contributed by atoms with Crippen molar-refractivity contribution in [2.45, 2.75) is 0 Å². The second-order valence-electron chi connectivity index (χ2n) is 4.13. The van der Waals surface area contributed by atoms with E-state index in [1.165, 1.54) is 0 Å². The minimum absolute atomic E-state index is 0.247. The highest BCUT2D eigenvalue weighted by Crippen LogP contribution is 2.29. The van der Waals surface area contributed by atoms with E-state index in [9.17, 15) is 0 Å². The molecule has 0 aliphatic heterocycles. The molecule has 1 aromatic carbocycles. The second-order valence-corrected chi connectivity index (χ2v) is 4.13. The van der Waals surface area contributed by atoms with Crippen molar-refractivity contribution in [1.82, 2.24) is 0 Å². The van der Waals surface area contributed by atoms with Crippen LogP contribution in [0.25, 0.3) is 22.8 Å². The summed E-state index contributed by atoms with van der Waals surface area (Å²) in [6.07, 6.45) is 0. The largest absolute Gasteiger partial charge is 0.453 e. The Balaban J connectivity index is 1.93. The third-order valence-electron chi connectivity index (χ3n) is 2.86. The van der Waals surface area contributed by atoms with Gasteiger partial charge in [-0.15, -0.1) is 0 Å². The average molecular weight is 260 g/mol. The monoisotopic (exact) mass is 260 g/mol. The number of rotatable bonds is 2. The Kier molecular flexibility index (Phi) is 2.84. The molecule has 0 saturated heterocycles. The molecule has 3 rings (SSSR count). The zero-order valence-corrected chi connectivity index (χ0v) is 10.3. The normalized spacial score (nSPS) is 9.90. The molecule has 0 spiro atoms. The summed E-state index contributed by atoms with van der Waals surface area (Å²) >= 11 is 0. The fraction of sp³-hybridized carbons (Fsp3) is 0. The lowest BCUT2D eigenvalue weighted by Crippen LogP contribution is -1.75. The topological polar surface area (TPSA) is 73.9 Å². The molecule has 0 aliphatic rings. The molecule has 0 aliphatic carbocycles. The number of nitrogens with zero attached hydrogens (tertiary/aromatic N) is 2. The summed E-state index contributed by atoms with van der Waals surface area (Å²) in [5.41, 5.74) is 1.48. The molecular weight excluding hydrogens is 252 g/mol. The molecule has 20 heavy (non-hydrogen) atoms. The summed E-state index contributed by atoms with van der Waals surface area (Å²) in [4.78, 5) is 0. The Morgan fingerprint density at radius 2 is 1.30 bits per heavy atom. The summed E-state index contributed by atoms with van der Waals surface area (Å²) in [7, 11) is 0. The van der Waals surface area contributed by atoms with Crippen LogP contribution in [0.3, 0.4) is 0 Å². The van der Waals surface area contributed by atoms with Crippen molar-refractivity contribution in [3.8, 4) is 35.0 Å². The van der Waals surface area contributed by atoms with Gasteiger partial charge in [-0.25, -0.2) is 0 Å². The maximum absolute atomic E-state index is 8.77. The van der Waals surface area contributed by atoms with Gasteiger partial charge in [0.25, 0.3) is 0 Å². The molecule has 0 radical (unpaired) electrons. The molecule has 4 heteroatoms. The number of furan rings is 2. The van der Waals surface area contributed by atoms with E-state index in [1.54, 1.807) is 30.3 Å². The highest BCUT2D eigenvalue weighted by molar-refractivity contribution is 5.63. The second kappa shape index (κ2) is 4.79. The molecule has 2 aromatic heterocycles. The maximum atomic E-state index is 8.77. The van der Waals surface area contributed by atoms with Gasteiger partial charge in [0.2, 0.25) is 5.76 Å². The molecular formula is C16H8N2O2. The summed E-state index contributed by atoms with van der Waals surface area (Å²) in [5.74, 6) is 2.00. The van der Waals surface area contributed by atoms with Crippen molar-refractivity contribution in [2.75, 3.05) is 0 Å². The SMILES string of the molecule is N#Cc1ccc(-c2ccc(-c3ccc(C#N)o3)o2)cc1. The Bertz CT molecular complexity index is 826. The molecule has 0 saturated carbocycles. The van der Waals surface area contributed by atoms with E-state index in [0.717, 1.165) is 5.56 Å². The van der Waals surface area contributed by atoms with Gasteiger partial charge in [0.1, 0.15) is 11.8 Å². The molecule has 94 valence electrons. The van der Waals surface area contributed by atoms with Gasteiger partial charge >= 0.3 is 0 Å². The molecule has 2 heterocycles. The number of benzene rings is 1. The Morgan fingerprint density at radius 1 is 0.650 bits per heavy atom. The van der Waals surface area contributed by atoms with Crippen LogP contribution < -0.4 is 0 Å². The van der Waals surface area contributed by atoms with E-state index in [4.69, 9.17) is 19.4 Å². The lowest BCUT2D eigenvalue weighted by Gasteiger charge is -1.96. The third kappa shape index (κ3) is 2.07. The summed E-state index contributed by atoms with van der Waals surface area (Å²) in [6.45, 7) is 0. The fourth-order valence-corrected chi connectivity index (χ4v) is 1.86. The predicted molar refractivity (Wildman–Crippen MR) is 71.3 cm³/mol. The lowest BCUT2D eigenvalue weighted by atomic mass is 10.1. The van der Waals surface area contributed by atoms with Crippen LogP contribution >= 0.6 is 0 Å². The first-order valence-electron chi connectivity index (χ1n) is 5.91. The van der Waals surface area contributed by atoms with Gasteiger partial charge in [-0.1, -0.05) is 0 Å². The molecule has 3 aromatic rings. The van der Waals surface area contributed by atoms with Crippen LogP contribution in [0.2, 0.25) is 0 Å². The van der Waals surface area contributed by atoms with Crippen LogP contribution in [0.4, 0.5) is 0 Å². The third-order valence-corrected chi connectivity index (χ3v) is 2.86. The van der Waals surface area contributed by atoms with Gasteiger partial charge in [0.05, 0.1) is 11.6 Å². The van der Waals surface area contributed by atoms with Gasteiger partial charge in [-0.2, -0.15) is 10.5 Å². The maximum Gasteiger partial charge on any atom is 0.204 e. The Morgan fingerprint density at radius 3 is 1.95 bits per heavy atom. The van der Waals surface area contributed by atoms with Crippen LogP contribution in [-0.4, -0.2) is 0 Å². The van der Waals surface area contributed by atoms with Crippen molar-refractivity contribution in [2.24, 2.45) is 0 Å².